The van der Waals surface area contributed by atoms with Gasteiger partial charge in [-0.1, -0.05) is 0 Å². The van der Waals surface area contributed by atoms with Gasteiger partial charge >= 0.3 is 0 Å². The van der Waals surface area contributed by atoms with Crippen LogP contribution in [0.3, 0.4) is 0 Å². The van der Waals surface area contributed by atoms with Crippen LogP contribution in [-0.4, -0.2) is 11.1 Å². The molecule has 0 heterocycles. The molecule has 0 aromatic rings. The van der Waals surface area contributed by atoms with Gasteiger partial charge in [0.2, 0.25) is 0 Å². The first kappa shape index (κ1) is 5.69. The van der Waals surface area contributed by atoms with E-state index < -0.39 is 0 Å². The van der Waals surface area contributed by atoms with Crippen molar-refractivity contribution in [3.63, 3.8) is 0 Å². The summed E-state index contributed by atoms with van der Waals surface area (Å²) in [4.78, 5) is 0. The van der Waals surface area contributed by atoms with E-state index in [9.17, 15) is 0 Å². The Labute approximate surface area is 55.6 Å². The Balaban J connectivity index is 2.25. The first-order valence-electron chi connectivity index (χ1n) is 3.70. The van der Waals surface area contributed by atoms with E-state index in [-0.39, 0.29) is 11.1 Å². The molecule has 0 radical (unpaired) electrons. The Bertz CT molecular complexity index is 118. The lowest BCUT2D eigenvalue weighted by Gasteiger charge is -2.21. The molecule has 2 aliphatic rings. The van der Waals surface area contributed by atoms with Crippen LogP contribution in [0.25, 0.3) is 0 Å². The summed E-state index contributed by atoms with van der Waals surface area (Å²) in [5.74, 6) is 0. The summed E-state index contributed by atoms with van der Waals surface area (Å²) in [5.41, 5.74) is 12.3. The van der Waals surface area contributed by atoms with Crippen LogP contribution >= 0.6 is 0 Å². The van der Waals surface area contributed by atoms with Crippen LogP contribution in [0, 0.1) is 0 Å². The van der Waals surface area contributed by atoms with Crippen LogP contribution in [0.15, 0.2) is 0 Å². The van der Waals surface area contributed by atoms with Gasteiger partial charge in [-0.3, -0.25) is 0 Å². The van der Waals surface area contributed by atoms with Gasteiger partial charge < -0.3 is 11.5 Å². The van der Waals surface area contributed by atoms with Gasteiger partial charge in [0.15, 0.2) is 0 Å². The van der Waals surface area contributed by atoms with Gasteiger partial charge in [-0.15, -0.1) is 0 Å². The molecule has 52 valence electrons. The summed E-state index contributed by atoms with van der Waals surface area (Å²) < 4.78 is 0. The molecule has 0 saturated heterocycles. The molecule has 0 aromatic carbocycles. The normalized spacial score (nSPS) is 56.7. The van der Waals surface area contributed by atoms with Crippen molar-refractivity contribution >= 4 is 0 Å². The predicted molar refractivity (Wildman–Crippen MR) is 36.9 cm³/mol. The number of rotatable bonds is 0. The zero-order valence-corrected chi connectivity index (χ0v) is 5.69. The minimum absolute atomic E-state index is 0.148. The Morgan fingerprint density at radius 2 is 1.11 bits per heavy atom. The molecule has 9 heavy (non-hydrogen) atoms. The number of hydrogen-bond acceptors (Lipinski definition) is 2. The molecule has 0 aliphatic heterocycles. The quantitative estimate of drug-likeness (QED) is 0.492. The van der Waals surface area contributed by atoms with Crippen LogP contribution in [0.5, 0.6) is 0 Å². The first-order chi connectivity index (χ1) is 4.12. The lowest BCUT2D eigenvalue weighted by molar-refractivity contribution is 0.395. The Kier molecular flexibility index (Phi) is 0.837. The third kappa shape index (κ3) is 0.700. The van der Waals surface area contributed by atoms with E-state index in [4.69, 9.17) is 11.5 Å². The van der Waals surface area contributed by atoms with E-state index in [0.717, 1.165) is 32.1 Å². The molecule has 2 nitrogen and oxygen atoms in total. The van der Waals surface area contributed by atoms with Crippen LogP contribution < -0.4 is 11.5 Å². The van der Waals surface area contributed by atoms with Crippen LogP contribution in [0.4, 0.5) is 0 Å². The fourth-order valence-corrected chi connectivity index (χ4v) is 2.30. The van der Waals surface area contributed by atoms with E-state index in [1.54, 1.807) is 0 Å². The van der Waals surface area contributed by atoms with Crippen LogP contribution in [0.2, 0.25) is 0 Å². The molecular weight excluding hydrogens is 112 g/mol. The highest BCUT2D eigenvalue weighted by molar-refractivity contribution is 5.11. The molecule has 2 saturated carbocycles. The van der Waals surface area contributed by atoms with E-state index in [2.05, 4.69) is 0 Å². The molecule has 2 aliphatic carbocycles. The predicted octanol–water partition coefficient (Wildman–Crippen LogP) is 0.359. The maximum Gasteiger partial charge on any atom is 0.0173 e. The molecule has 0 unspecified atom stereocenters. The summed E-state index contributed by atoms with van der Waals surface area (Å²) in [7, 11) is 0. The molecular formula is C7H14N2. The molecule has 4 N–H and O–H groups in total. The summed E-state index contributed by atoms with van der Waals surface area (Å²) in [6.45, 7) is 0. The van der Waals surface area contributed by atoms with E-state index >= 15 is 0 Å². The first-order valence-corrected chi connectivity index (χ1v) is 3.70. The van der Waals surface area contributed by atoms with Crippen molar-refractivity contribution in [1.82, 2.24) is 0 Å². The fourth-order valence-electron chi connectivity index (χ4n) is 2.30. The average molecular weight is 126 g/mol. The molecule has 2 rings (SSSR count). The van der Waals surface area contributed by atoms with Crippen molar-refractivity contribution in [2.45, 2.75) is 43.2 Å². The van der Waals surface area contributed by atoms with E-state index in [1.165, 1.54) is 0 Å². The molecule has 0 aromatic heterocycles. The van der Waals surface area contributed by atoms with Gasteiger partial charge in [0, 0.05) is 11.1 Å². The van der Waals surface area contributed by atoms with Gasteiger partial charge in [-0.05, 0) is 32.1 Å². The monoisotopic (exact) mass is 126 g/mol. The molecule has 0 atom stereocenters. The van der Waals surface area contributed by atoms with Gasteiger partial charge in [0.1, 0.15) is 0 Å². The van der Waals surface area contributed by atoms with Crippen molar-refractivity contribution in [2.75, 3.05) is 0 Å². The Morgan fingerprint density at radius 3 is 1.22 bits per heavy atom. The second-order valence-electron chi connectivity index (χ2n) is 3.90. The summed E-state index contributed by atoms with van der Waals surface area (Å²) in [5, 5.41) is 0. The molecule has 0 spiro atoms. The highest BCUT2D eigenvalue weighted by Gasteiger charge is 2.49. The SMILES string of the molecule is NC12CCC(N)(CC1)C2. The largest absolute Gasteiger partial charge is 0.325 e. The Hall–Kier alpha value is -0.0800. The van der Waals surface area contributed by atoms with Crippen molar-refractivity contribution < 1.29 is 0 Å². The van der Waals surface area contributed by atoms with Gasteiger partial charge in [-0.2, -0.15) is 0 Å². The standard InChI is InChI=1S/C7H14N2/c8-6-1-2-7(9,5-6)4-3-6/h1-5,8-9H2. The summed E-state index contributed by atoms with van der Waals surface area (Å²) in [6.07, 6.45) is 5.69. The molecule has 0 amide bonds. The highest BCUT2D eigenvalue weighted by atomic mass is 14.9. The van der Waals surface area contributed by atoms with Gasteiger partial charge in [0.05, 0.1) is 0 Å². The zero-order valence-electron chi connectivity index (χ0n) is 5.69. The van der Waals surface area contributed by atoms with E-state index in [1.807, 2.05) is 0 Å². The highest BCUT2D eigenvalue weighted by Crippen LogP contribution is 2.47. The fraction of sp³-hybridized carbons (Fsp3) is 1.00. The van der Waals surface area contributed by atoms with Crippen molar-refractivity contribution in [3.05, 3.63) is 0 Å². The molecule has 2 bridgehead atoms. The van der Waals surface area contributed by atoms with Crippen molar-refractivity contribution in [2.24, 2.45) is 11.5 Å². The van der Waals surface area contributed by atoms with Crippen molar-refractivity contribution in [1.29, 1.82) is 0 Å². The minimum Gasteiger partial charge on any atom is -0.325 e. The molecule has 2 fully saturated rings. The zero-order chi connectivity index (χ0) is 6.54. The van der Waals surface area contributed by atoms with Crippen LogP contribution in [0.1, 0.15) is 32.1 Å². The Morgan fingerprint density at radius 1 is 0.778 bits per heavy atom. The average Bonchev–Trinajstić information content (AvgIpc) is 2.19. The van der Waals surface area contributed by atoms with E-state index in [0.29, 0.717) is 0 Å². The third-order valence-electron chi connectivity index (χ3n) is 2.95. The molecule has 2 heteroatoms. The van der Waals surface area contributed by atoms with Gasteiger partial charge in [0.25, 0.3) is 0 Å². The number of fused-ring (bicyclic) bond motifs is 2. The minimum atomic E-state index is 0.148. The lowest BCUT2D eigenvalue weighted by Crippen LogP contribution is -2.34. The second kappa shape index (κ2) is 1.32. The number of nitrogens with two attached hydrogens (primary N) is 2. The maximum absolute atomic E-state index is 6.01. The second-order valence-corrected chi connectivity index (χ2v) is 3.90. The third-order valence-corrected chi connectivity index (χ3v) is 2.95. The smallest absolute Gasteiger partial charge is 0.0173 e. The summed E-state index contributed by atoms with van der Waals surface area (Å²) >= 11 is 0. The number of hydrogen-bond donors (Lipinski definition) is 2. The summed E-state index contributed by atoms with van der Waals surface area (Å²) in [6, 6.07) is 0. The maximum atomic E-state index is 6.01. The topological polar surface area (TPSA) is 52.0 Å². The van der Waals surface area contributed by atoms with Crippen LogP contribution in [-0.2, 0) is 0 Å². The van der Waals surface area contributed by atoms with Gasteiger partial charge in [-0.25, -0.2) is 0 Å². The van der Waals surface area contributed by atoms with Crippen molar-refractivity contribution in [3.8, 4) is 0 Å². The lowest BCUT2D eigenvalue weighted by atomic mass is 9.93.